The van der Waals surface area contributed by atoms with Crippen LogP contribution in [-0.4, -0.2) is 20.1 Å². The van der Waals surface area contributed by atoms with E-state index in [4.69, 9.17) is 16.3 Å². The standard InChI is InChI=1S/C15H15ClN2O2/c1-18(12-6-4-3-5-7-12)17-15(19)13-10-11(16)8-9-14(13)20-2/h3-10H,1-2H3,(H,17,19). The molecule has 2 rings (SSSR count). The second kappa shape index (κ2) is 6.30. The van der Waals surface area contributed by atoms with E-state index >= 15 is 0 Å². The molecule has 0 heterocycles. The molecule has 0 bridgehead atoms. The minimum absolute atomic E-state index is 0.282. The van der Waals surface area contributed by atoms with Crippen LogP contribution in [0.4, 0.5) is 5.69 Å². The van der Waals surface area contributed by atoms with E-state index in [1.807, 2.05) is 30.3 Å². The Kier molecular flexibility index (Phi) is 4.48. The van der Waals surface area contributed by atoms with Gasteiger partial charge in [-0.3, -0.25) is 15.2 Å². The van der Waals surface area contributed by atoms with Crippen molar-refractivity contribution in [1.29, 1.82) is 0 Å². The average molecular weight is 291 g/mol. The van der Waals surface area contributed by atoms with Crippen molar-refractivity contribution < 1.29 is 9.53 Å². The van der Waals surface area contributed by atoms with Crippen molar-refractivity contribution in [3.63, 3.8) is 0 Å². The fraction of sp³-hybridized carbons (Fsp3) is 0.133. The summed E-state index contributed by atoms with van der Waals surface area (Å²) in [6, 6.07) is 14.4. The van der Waals surface area contributed by atoms with Crippen molar-refractivity contribution in [2.75, 3.05) is 19.2 Å². The Balaban J connectivity index is 2.18. The van der Waals surface area contributed by atoms with Crippen LogP contribution in [0.3, 0.4) is 0 Å². The summed E-state index contributed by atoms with van der Waals surface area (Å²) in [6.07, 6.45) is 0. The van der Waals surface area contributed by atoms with Crippen molar-refractivity contribution in [1.82, 2.24) is 5.43 Å². The molecule has 1 N–H and O–H groups in total. The number of nitrogens with one attached hydrogen (secondary N) is 1. The highest BCUT2D eigenvalue weighted by Gasteiger charge is 2.14. The van der Waals surface area contributed by atoms with Crippen LogP contribution in [0.2, 0.25) is 5.02 Å². The molecule has 0 fully saturated rings. The van der Waals surface area contributed by atoms with Gasteiger partial charge in [0.2, 0.25) is 0 Å². The Bertz CT molecular complexity index is 602. The summed E-state index contributed by atoms with van der Waals surface area (Å²) in [5.74, 6) is 0.198. The second-order valence-corrected chi connectivity index (χ2v) is 4.62. The number of para-hydroxylation sites is 1. The number of nitrogens with zero attached hydrogens (tertiary/aromatic N) is 1. The first-order valence-electron chi connectivity index (χ1n) is 6.05. The number of hydrogen-bond donors (Lipinski definition) is 1. The summed E-state index contributed by atoms with van der Waals surface area (Å²) in [4.78, 5) is 12.3. The van der Waals surface area contributed by atoms with Gasteiger partial charge >= 0.3 is 0 Å². The molecule has 0 saturated carbocycles. The van der Waals surface area contributed by atoms with E-state index in [0.717, 1.165) is 5.69 Å². The van der Waals surface area contributed by atoms with Gasteiger partial charge in [-0.2, -0.15) is 0 Å². The van der Waals surface area contributed by atoms with Crippen LogP contribution in [0.25, 0.3) is 0 Å². The van der Waals surface area contributed by atoms with Gasteiger partial charge in [0.15, 0.2) is 0 Å². The summed E-state index contributed by atoms with van der Waals surface area (Å²) in [5.41, 5.74) is 4.04. The maximum atomic E-state index is 12.3. The number of rotatable bonds is 4. The Morgan fingerprint density at radius 1 is 1.20 bits per heavy atom. The predicted molar refractivity (Wildman–Crippen MR) is 80.3 cm³/mol. The zero-order valence-corrected chi connectivity index (χ0v) is 12.0. The fourth-order valence-corrected chi connectivity index (χ4v) is 1.96. The monoisotopic (exact) mass is 290 g/mol. The number of carbonyl (C=O) groups excluding carboxylic acids is 1. The third kappa shape index (κ3) is 3.22. The molecule has 0 unspecified atom stereocenters. The van der Waals surface area contributed by atoms with Crippen LogP contribution in [0.15, 0.2) is 48.5 Å². The molecular weight excluding hydrogens is 276 g/mol. The Morgan fingerprint density at radius 3 is 2.55 bits per heavy atom. The van der Waals surface area contributed by atoms with Gasteiger partial charge in [0.05, 0.1) is 18.4 Å². The number of halogens is 1. The second-order valence-electron chi connectivity index (χ2n) is 4.18. The number of carbonyl (C=O) groups is 1. The molecule has 0 aliphatic rings. The lowest BCUT2D eigenvalue weighted by molar-refractivity contribution is 0.0948. The maximum Gasteiger partial charge on any atom is 0.273 e. The van der Waals surface area contributed by atoms with Gasteiger partial charge in [-0.05, 0) is 30.3 Å². The van der Waals surface area contributed by atoms with E-state index in [1.54, 1.807) is 30.3 Å². The molecule has 0 spiro atoms. The first-order valence-corrected chi connectivity index (χ1v) is 6.43. The quantitative estimate of drug-likeness (QED) is 0.880. The third-order valence-corrected chi connectivity index (χ3v) is 3.05. The van der Waals surface area contributed by atoms with E-state index in [-0.39, 0.29) is 5.91 Å². The van der Waals surface area contributed by atoms with Crippen LogP contribution in [0.5, 0.6) is 5.75 Å². The van der Waals surface area contributed by atoms with Crippen LogP contribution in [0, 0.1) is 0 Å². The first-order chi connectivity index (χ1) is 9.61. The SMILES string of the molecule is COc1ccc(Cl)cc1C(=O)NN(C)c1ccccc1. The zero-order valence-electron chi connectivity index (χ0n) is 11.3. The van der Waals surface area contributed by atoms with E-state index in [9.17, 15) is 4.79 Å². The number of hydrogen-bond acceptors (Lipinski definition) is 3. The Morgan fingerprint density at radius 2 is 1.90 bits per heavy atom. The van der Waals surface area contributed by atoms with Crippen LogP contribution < -0.4 is 15.2 Å². The largest absolute Gasteiger partial charge is 0.496 e. The summed E-state index contributed by atoms with van der Waals surface area (Å²) in [5, 5.41) is 2.13. The van der Waals surface area contributed by atoms with Crippen molar-refractivity contribution in [3.05, 3.63) is 59.1 Å². The number of anilines is 1. The van der Waals surface area contributed by atoms with Crippen molar-refractivity contribution in [2.45, 2.75) is 0 Å². The molecule has 2 aromatic rings. The highest BCUT2D eigenvalue weighted by molar-refractivity contribution is 6.31. The van der Waals surface area contributed by atoms with Crippen molar-refractivity contribution in [3.8, 4) is 5.75 Å². The summed E-state index contributed by atoms with van der Waals surface area (Å²) in [6.45, 7) is 0. The Hall–Kier alpha value is -2.20. The molecule has 1 amide bonds. The average Bonchev–Trinajstić information content (AvgIpc) is 2.48. The van der Waals surface area contributed by atoms with Crippen molar-refractivity contribution in [2.24, 2.45) is 0 Å². The van der Waals surface area contributed by atoms with Gasteiger partial charge in [-0.15, -0.1) is 0 Å². The molecular formula is C15H15ClN2O2. The smallest absolute Gasteiger partial charge is 0.273 e. The number of ether oxygens (including phenoxy) is 1. The van der Waals surface area contributed by atoms with Crippen molar-refractivity contribution >= 4 is 23.2 Å². The van der Waals surface area contributed by atoms with Gasteiger partial charge < -0.3 is 4.74 Å². The number of benzene rings is 2. The predicted octanol–water partition coefficient (Wildman–Crippen LogP) is 3.13. The van der Waals surface area contributed by atoms with Gasteiger partial charge in [0.1, 0.15) is 5.75 Å². The minimum atomic E-state index is -0.282. The summed E-state index contributed by atoms with van der Waals surface area (Å²) >= 11 is 5.92. The number of amides is 1. The molecule has 0 aromatic heterocycles. The molecule has 20 heavy (non-hydrogen) atoms. The van der Waals surface area contributed by atoms with Crippen LogP contribution >= 0.6 is 11.6 Å². The molecule has 5 heteroatoms. The molecule has 0 aliphatic heterocycles. The lowest BCUT2D eigenvalue weighted by atomic mass is 10.2. The van der Waals surface area contributed by atoms with Gasteiger partial charge in [-0.25, -0.2) is 0 Å². The van der Waals surface area contributed by atoms with Crippen LogP contribution in [-0.2, 0) is 0 Å². The van der Waals surface area contributed by atoms with E-state index in [1.165, 1.54) is 7.11 Å². The third-order valence-electron chi connectivity index (χ3n) is 2.82. The number of methoxy groups -OCH3 is 1. The molecule has 0 aliphatic carbocycles. The van der Waals surface area contributed by atoms with Gasteiger partial charge in [0.25, 0.3) is 5.91 Å². The Labute approximate surface area is 122 Å². The van der Waals surface area contributed by atoms with Gasteiger partial charge in [-0.1, -0.05) is 29.8 Å². The van der Waals surface area contributed by atoms with E-state index in [0.29, 0.717) is 16.3 Å². The summed E-state index contributed by atoms with van der Waals surface area (Å²) < 4.78 is 5.17. The lowest BCUT2D eigenvalue weighted by Crippen LogP contribution is -2.39. The lowest BCUT2D eigenvalue weighted by Gasteiger charge is -2.20. The number of hydrazine groups is 1. The zero-order chi connectivity index (χ0) is 14.5. The van der Waals surface area contributed by atoms with Crippen LogP contribution in [0.1, 0.15) is 10.4 Å². The normalized spacial score (nSPS) is 9.95. The molecule has 0 radical (unpaired) electrons. The highest BCUT2D eigenvalue weighted by atomic mass is 35.5. The molecule has 2 aromatic carbocycles. The van der Waals surface area contributed by atoms with E-state index in [2.05, 4.69) is 5.43 Å². The maximum absolute atomic E-state index is 12.3. The highest BCUT2D eigenvalue weighted by Crippen LogP contribution is 2.22. The first kappa shape index (κ1) is 14.2. The fourth-order valence-electron chi connectivity index (χ4n) is 1.79. The molecule has 4 nitrogen and oxygen atoms in total. The topological polar surface area (TPSA) is 41.6 Å². The van der Waals surface area contributed by atoms with E-state index < -0.39 is 0 Å². The minimum Gasteiger partial charge on any atom is -0.496 e. The molecule has 104 valence electrons. The molecule has 0 atom stereocenters. The summed E-state index contributed by atoms with van der Waals surface area (Å²) in [7, 11) is 3.28. The van der Waals surface area contributed by atoms with Gasteiger partial charge in [0, 0.05) is 12.1 Å². The molecule has 0 saturated heterocycles.